The third-order valence-corrected chi connectivity index (χ3v) is 1.03. The number of hydrogen-bond donors (Lipinski definition) is 0. The van der Waals surface area contributed by atoms with Gasteiger partial charge in [-0.1, -0.05) is 0 Å². The Bertz CT molecular complexity index is 209. The molecule has 0 amide bonds. The fourth-order valence-corrected chi connectivity index (χ4v) is 0.549. The van der Waals surface area contributed by atoms with E-state index in [4.69, 9.17) is 4.42 Å². The van der Waals surface area contributed by atoms with Gasteiger partial charge in [0.25, 0.3) is 0 Å². The summed E-state index contributed by atoms with van der Waals surface area (Å²) in [4.78, 5) is 11.5. The molecule has 66 valence electrons. The second-order valence-corrected chi connectivity index (χ2v) is 1.95. The summed E-state index contributed by atoms with van der Waals surface area (Å²) in [5, 5.41) is 0. The van der Waals surface area contributed by atoms with Gasteiger partial charge in [-0.15, -0.1) is 0 Å². The van der Waals surface area contributed by atoms with Crippen LogP contribution in [0.1, 0.15) is 0 Å². The summed E-state index contributed by atoms with van der Waals surface area (Å²) >= 11 is 0. The maximum atomic E-state index is 4.91. The van der Waals surface area contributed by atoms with Crippen molar-refractivity contribution in [3.8, 4) is 0 Å². The lowest BCUT2D eigenvalue weighted by Crippen LogP contribution is -1.62. The van der Waals surface area contributed by atoms with Gasteiger partial charge in [-0.3, -0.25) is 4.98 Å². The van der Waals surface area contributed by atoms with Crippen molar-refractivity contribution in [2.75, 3.05) is 0 Å². The molecule has 1 aromatic heterocycles. The van der Waals surface area contributed by atoms with Gasteiger partial charge in [0.05, 0.1) is 12.5 Å². The van der Waals surface area contributed by atoms with Crippen molar-refractivity contribution in [2.45, 2.75) is 0 Å². The minimum atomic E-state index is 1.41. The van der Waals surface area contributed by atoms with Crippen LogP contribution in [-0.2, 0) is 0 Å². The fraction of sp³-hybridized carbons (Fsp3) is 0. The second-order valence-electron chi connectivity index (χ2n) is 1.95. The summed E-state index contributed by atoms with van der Waals surface area (Å²) in [7, 11) is 0. The monoisotopic (exact) mass is 175 g/mol. The molecule has 0 aromatic carbocycles. The van der Waals surface area contributed by atoms with Crippen LogP contribution in [0.2, 0.25) is 0 Å². The summed E-state index contributed by atoms with van der Waals surface area (Å²) in [5.41, 5.74) is 0. The highest BCUT2D eigenvalue weighted by atomic mass is 16.3. The lowest BCUT2D eigenvalue weighted by molar-refractivity contribution is 0.552. The topological polar surface area (TPSA) is 51.8 Å². The molecular formula is C9H9N3O. The van der Waals surface area contributed by atoms with E-state index in [0.29, 0.717) is 0 Å². The quantitative estimate of drug-likeness (QED) is 0.602. The predicted octanol–water partition coefficient (Wildman–Crippen LogP) is 1.71. The summed E-state index contributed by atoms with van der Waals surface area (Å²) in [6.07, 6.45) is 10.7. The zero-order valence-corrected chi connectivity index (χ0v) is 6.95. The Labute approximate surface area is 76.0 Å². The molecule has 0 aliphatic rings. The van der Waals surface area contributed by atoms with E-state index in [1.54, 1.807) is 30.7 Å². The number of aromatic nitrogens is 3. The minimum absolute atomic E-state index is 1.41. The van der Waals surface area contributed by atoms with E-state index in [9.17, 15) is 0 Å². The molecule has 0 N–H and O–H groups in total. The highest BCUT2D eigenvalue weighted by Crippen LogP contribution is 1.72. The van der Waals surface area contributed by atoms with Crippen molar-refractivity contribution in [3.63, 3.8) is 0 Å². The smallest absolute Gasteiger partial charge is 0.115 e. The van der Waals surface area contributed by atoms with Gasteiger partial charge in [-0.2, -0.15) is 0 Å². The normalized spacial score (nSPS) is 8.00. The van der Waals surface area contributed by atoms with Gasteiger partial charge in [-0.05, 0) is 12.1 Å². The Hall–Kier alpha value is -1.97. The van der Waals surface area contributed by atoms with Crippen molar-refractivity contribution < 1.29 is 4.42 Å². The van der Waals surface area contributed by atoms with Crippen molar-refractivity contribution >= 4 is 0 Å². The molecule has 0 atom stereocenters. The average Bonchev–Trinajstić information content (AvgIpc) is 2.18. The Morgan fingerprint density at radius 2 is 1.46 bits per heavy atom. The van der Waals surface area contributed by atoms with Crippen molar-refractivity contribution in [1.29, 1.82) is 0 Å². The van der Waals surface area contributed by atoms with E-state index in [-0.39, 0.29) is 0 Å². The van der Waals surface area contributed by atoms with Gasteiger partial charge in [0.2, 0.25) is 0 Å². The summed E-state index contributed by atoms with van der Waals surface area (Å²) < 4.78 is 4.91. The van der Waals surface area contributed by atoms with Crippen LogP contribution < -0.4 is 0 Å². The van der Waals surface area contributed by atoms with E-state index < -0.39 is 0 Å². The molecule has 0 aliphatic carbocycles. The van der Waals surface area contributed by atoms with Gasteiger partial charge < -0.3 is 4.42 Å². The molecule has 4 heteroatoms. The highest BCUT2D eigenvalue weighted by Gasteiger charge is 1.59. The van der Waals surface area contributed by atoms with Crippen LogP contribution in [0.5, 0.6) is 0 Å². The molecule has 0 spiro atoms. The molecule has 0 radical (unpaired) electrons. The Balaban J connectivity index is 3.02. The first-order chi connectivity index (χ1) is 6.50. The molecular weight excluding hydrogens is 166 g/mol. The Kier molecular flexibility index (Phi) is 4.72. The van der Waals surface area contributed by atoms with Gasteiger partial charge in [-0.25, -0.2) is 9.97 Å². The maximum Gasteiger partial charge on any atom is 0.115 e. The van der Waals surface area contributed by atoms with Crippen LogP contribution in [0, 0.1) is 0 Å². The zero-order valence-electron chi connectivity index (χ0n) is 6.95. The van der Waals surface area contributed by atoms with Crippen LogP contribution >= 0.6 is 0 Å². The van der Waals surface area contributed by atoms with Gasteiger partial charge in [0, 0.05) is 18.6 Å². The SMILES string of the molecule is c1cncccoccncnc1. The lowest BCUT2D eigenvalue weighted by Gasteiger charge is -1.68. The lowest BCUT2D eigenvalue weighted by atomic mass is 10.7. The molecule has 13 heavy (non-hydrogen) atoms. The van der Waals surface area contributed by atoms with Crippen molar-refractivity contribution in [3.05, 3.63) is 55.8 Å². The highest BCUT2D eigenvalue weighted by molar-refractivity contribution is 4.75. The van der Waals surface area contributed by atoms with Gasteiger partial charge >= 0.3 is 0 Å². The third kappa shape index (κ3) is 5.32. The maximum absolute atomic E-state index is 4.91. The predicted molar refractivity (Wildman–Crippen MR) is 47.3 cm³/mol. The average molecular weight is 175 g/mol. The molecule has 1 rings (SSSR count). The summed E-state index contributed by atoms with van der Waals surface area (Å²) in [5.74, 6) is 0. The molecule has 0 aliphatic heterocycles. The summed E-state index contributed by atoms with van der Waals surface area (Å²) in [6.45, 7) is 0. The van der Waals surface area contributed by atoms with E-state index in [2.05, 4.69) is 15.0 Å². The van der Waals surface area contributed by atoms with Crippen LogP contribution in [0.4, 0.5) is 0 Å². The first-order valence-electron chi connectivity index (χ1n) is 3.69. The van der Waals surface area contributed by atoms with Crippen molar-refractivity contribution in [2.24, 2.45) is 0 Å². The number of nitrogens with zero attached hydrogens (tertiary/aromatic N) is 3. The van der Waals surface area contributed by atoms with Crippen LogP contribution in [0.3, 0.4) is 0 Å². The fourth-order valence-electron chi connectivity index (χ4n) is 0.549. The van der Waals surface area contributed by atoms with Crippen LogP contribution in [0.15, 0.2) is 60.2 Å². The van der Waals surface area contributed by atoms with E-state index >= 15 is 0 Å². The molecule has 0 bridgehead atoms. The molecule has 1 aromatic rings. The second kappa shape index (κ2) is 6.72. The third-order valence-electron chi connectivity index (χ3n) is 1.03. The van der Waals surface area contributed by atoms with E-state index in [1.807, 2.05) is 0 Å². The zero-order chi connectivity index (χ0) is 9.19. The van der Waals surface area contributed by atoms with Gasteiger partial charge in [0.15, 0.2) is 0 Å². The number of rotatable bonds is 0. The molecule has 0 fully saturated rings. The van der Waals surface area contributed by atoms with E-state index in [1.165, 1.54) is 25.1 Å². The molecule has 4 nitrogen and oxygen atoms in total. The van der Waals surface area contributed by atoms with Crippen LogP contribution in [0.25, 0.3) is 0 Å². The summed E-state index contributed by atoms with van der Waals surface area (Å²) in [6, 6.07) is 3.38. The molecule has 1 heterocycles. The Morgan fingerprint density at radius 3 is 2.46 bits per heavy atom. The van der Waals surface area contributed by atoms with Gasteiger partial charge in [0.1, 0.15) is 12.6 Å². The molecule has 0 unspecified atom stereocenters. The first-order valence-corrected chi connectivity index (χ1v) is 3.69. The minimum Gasteiger partial charge on any atom is -0.471 e. The standard InChI is InChI=1S/C9H9N3O/c1-3-10-5-2-7-13-8-6-12-9-11-4-1/h1-9H. The van der Waals surface area contributed by atoms with E-state index in [0.717, 1.165) is 0 Å². The van der Waals surface area contributed by atoms with Crippen molar-refractivity contribution in [1.82, 2.24) is 15.0 Å². The number of hydrogen-bond acceptors (Lipinski definition) is 4. The first kappa shape index (κ1) is 9.12. The molecule has 0 saturated heterocycles. The van der Waals surface area contributed by atoms with Crippen LogP contribution in [-0.4, -0.2) is 15.0 Å². The Morgan fingerprint density at radius 1 is 0.692 bits per heavy atom. The largest absolute Gasteiger partial charge is 0.471 e. The molecule has 0 saturated carbocycles.